The lowest BCUT2D eigenvalue weighted by molar-refractivity contribution is -0.301. The van der Waals surface area contributed by atoms with Gasteiger partial charge in [0.2, 0.25) is 0 Å². The quantitative estimate of drug-likeness (QED) is 0.352. The van der Waals surface area contributed by atoms with Crippen LogP contribution in [0.3, 0.4) is 0 Å². The molecule has 0 radical (unpaired) electrons. The molecule has 0 saturated heterocycles. The summed E-state index contributed by atoms with van der Waals surface area (Å²) in [5.41, 5.74) is 5.52. The average Bonchev–Trinajstić information content (AvgIpc) is 2.91. The summed E-state index contributed by atoms with van der Waals surface area (Å²) in [5, 5.41) is 22.6. The van der Waals surface area contributed by atoms with Crippen molar-refractivity contribution in [2.75, 3.05) is 25.5 Å². The van der Waals surface area contributed by atoms with Crippen LogP contribution in [0.4, 0.5) is 5.69 Å². The van der Waals surface area contributed by atoms with E-state index >= 15 is 0 Å². The summed E-state index contributed by atoms with van der Waals surface area (Å²) < 4.78 is 0. The fourth-order valence-electron chi connectivity index (χ4n) is 4.14. The smallest absolute Gasteiger partial charge is 0.0643 e. The van der Waals surface area contributed by atoms with Crippen LogP contribution in [-0.2, 0) is 22.4 Å². The van der Waals surface area contributed by atoms with Gasteiger partial charge in [0.1, 0.15) is 0 Å². The van der Waals surface area contributed by atoms with E-state index in [2.05, 4.69) is 116 Å². The van der Waals surface area contributed by atoms with E-state index in [1.54, 1.807) is 0 Å². The van der Waals surface area contributed by atoms with Crippen molar-refractivity contribution in [3.8, 4) is 0 Å². The highest BCUT2D eigenvalue weighted by molar-refractivity contribution is 5.87. The van der Waals surface area contributed by atoms with Crippen LogP contribution in [0.15, 0.2) is 97.1 Å². The van der Waals surface area contributed by atoms with Gasteiger partial charge in [0.05, 0.1) is 11.9 Å². The van der Waals surface area contributed by atoms with E-state index in [-0.39, 0.29) is 0 Å². The Bertz CT molecular complexity index is 1100. The number of rotatable bonds is 13. The molecule has 0 heterocycles. The van der Waals surface area contributed by atoms with Crippen molar-refractivity contribution in [2.24, 2.45) is 0 Å². The first-order valence-electron chi connectivity index (χ1n) is 12.9. The number of benzene rings is 3. The van der Waals surface area contributed by atoms with Crippen LogP contribution >= 0.6 is 0 Å². The van der Waals surface area contributed by atoms with Gasteiger partial charge in [-0.2, -0.15) is 0 Å². The molecule has 0 fully saturated rings. The number of aliphatic carboxylic acids is 2. The second kappa shape index (κ2) is 16.8. The fraction of sp³-hybridized carbons (Fsp3) is 0.312. The van der Waals surface area contributed by atoms with E-state index in [4.69, 9.17) is 0 Å². The second-order valence-corrected chi connectivity index (χ2v) is 9.53. The van der Waals surface area contributed by atoms with Gasteiger partial charge >= 0.3 is 0 Å². The molecule has 0 aliphatic carbocycles. The fourth-order valence-corrected chi connectivity index (χ4v) is 4.14. The topological polar surface area (TPSA) is 95.5 Å². The molecule has 6 heteroatoms. The molecule has 0 spiro atoms. The molecule has 0 bridgehead atoms. The van der Waals surface area contributed by atoms with Gasteiger partial charge in [-0.15, -0.1) is 0 Å². The first kappa shape index (κ1) is 30.3. The Morgan fingerprint density at radius 3 is 1.89 bits per heavy atom. The molecule has 3 aromatic carbocycles. The van der Waals surface area contributed by atoms with E-state index < -0.39 is 11.9 Å². The van der Waals surface area contributed by atoms with E-state index in [1.165, 1.54) is 35.2 Å². The molecule has 2 unspecified atom stereocenters. The number of carbonyl (C=O) groups is 2. The van der Waals surface area contributed by atoms with Crippen molar-refractivity contribution in [3.63, 3.8) is 0 Å². The molecule has 1 N–H and O–H groups in total. The first-order valence-corrected chi connectivity index (χ1v) is 12.9. The number of hydrogen-bond donors (Lipinski definition) is 1. The molecule has 3 aromatic rings. The Hall–Kier alpha value is -3.90. The number of nitrogens with zero attached hydrogens (tertiary/aromatic N) is 1. The molecule has 0 aliphatic rings. The lowest BCUT2D eigenvalue weighted by Crippen LogP contribution is -2.32. The third-order valence-corrected chi connectivity index (χ3v) is 6.19. The van der Waals surface area contributed by atoms with Gasteiger partial charge in [-0.1, -0.05) is 72.8 Å². The van der Waals surface area contributed by atoms with Gasteiger partial charge in [-0.05, 0) is 79.5 Å². The van der Waals surface area contributed by atoms with Gasteiger partial charge in [0.25, 0.3) is 0 Å². The average molecular weight is 515 g/mol. The second-order valence-electron chi connectivity index (χ2n) is 9.53. The molecule has 202 valence electrons. The third kappa shape index (κ3) is 12.4. The standard InChI is InChI=1S/C28H36N2.C4H4O4/c1-23(21-25-17-19-28(20-18-25)30(2)3)29-22-27(26-14-8-5-9-15-26)16-10-13-24-11-6-4-7-12-24;5-3(6)1-2-4(7)8/h4-9,11-12,14-15,17-20,23,27,29H,10,13,16,21-22H2,1-3H3;1-2H,(H,5,6)(H,7,8)/p-2/b;2-1-. The highest BCUT2D eigenvalue weighted by Crippen LogP contribution is 2.22. The van der Waals surface area contributed by atoms with E-state index in [0.717, 1.165) is 19.4 Å². The Labute approximate surface area is 226 Å². The molecular weight excluding hydrogens is 476 g/mol. The van der Waals surface area contributed by atoms with Crippen LogP contribution in [0.5, 0.6) is 0 Å². The van der Waals surface area contributed by atoms with Crippen LogP contribution < -0.4 is 20.4 Å². The van der Waals surface area contributed by atoms with Crippen LogP contribution in [0.25, 0.3) is 0 Å². The van der Waals surface area contributed by atoms with Gasteiger partial charge in [0, 0.05) is 32.4 Å². The van der Waals surface area contributed by atoms with E-state index in [9.17, 15) is 19.8 Å². The van der Waals surface area contributed by atoms with Crippen molar-refractivity contribution in [1.29, 1.82) is 0 Å². The van der Waals surface area contributed by atoms with Crippen LogP contribution in [0, 0.1) is 0 Å². The Morgan fingerprint density at radius 1 is 0.816 bits per heavy atom. The number of carboxylic acids is 2. The van der Waals surface area contributed by atoms with Crippen LogP contribution in [0.2, 0.25) is 0 Å². The zero-order valence-corrected chi connectivity index (χ0v) is 22.5. The predicted octanol–water partition coefficient (Wildman–Crippen LogP) is 3.12. The number of anilines is 1. The number of carboxylic acid groups (broad SMARTS) is 2. The number of nitrogens with one attached hydrogen (secondary N) is 1. The number of carbonyl (C=O) groups excluding carboxylic acids is 2. The zero-order chi connectivity index (χ0) is 27.8. The summed E-state index contributed by atoms with van der Waals surface area (Å²) in [7, 11) is 4.17. The molecule has 6 nitrogen and oxygen atoms in total. The minimum Gasteiger partial charge on any atom is -0.545 e. The molecule has 0 amide bonds. The van der Waals surface area contributed by atoms with E-state index in [1.807, 2.05) is 0 Å². The Balaban J connectivity index is 0.000000550. The van der Waals surface area contributed by atoms with Crippen molar-refractivity contribution < 1.29 is 19.8 Å². The van der Waals surface area contributed by atoms with Crippen LogP contribution in [-0.4, -0.2) is 38.6 Å². The maximum absolute atomic E-state index is 9.41. The lowest BCUT2D eigenvalue weighted by atomic mass is 9.92. The Morgan fingerprint density at radius 2 is 1.37 bits per heavy atom. The first-order chi connectivity index (χ1) is 18.2. The molecule has 0 aliphatic heterocycles. The van der Waals surface area contributed by atoms with Crippen molar-refractivity contribution in [3.05, 3.63) is 114 Å². The van der Waals surface area contributed by atoms with Gasteiger partial charge in [-0.3, -0.25) is 0 Å². The molecule has 0 aromatic heterocycles. The minimum atomic E-state index is -1.55. The van der Waals surface area contributed by atoms with E-state index in [0.29, 0.717) is 24.1 Å². The number of aryl methyl sites for hydroxylation is 1. The summed E-state index contributed by atoms with van der Waals surface area (Å²) in [6, 6.07) is 31.2. The predicted molar refractivity (Wildman–Crippen MR) is 150 cm³/mol. The van der Waals surface area contributed by atoms with Gasteiger partial charge in [0.15, 0.2) is 0 Å². The summed E-state index contributed by atoms with van der Waals surface area (Å²) in [6.45, 7) is 3.32. The molecule has 38 heavy (non-hydrogen) atoms. The van der Waals surface area contributed by atoms with Gasteiger partial charge in [-0.25, -0.2) is 0 Å². The minimum absolute atomic E-state index is 0.384. The SMILES string of the molecule is CC(Cc1ccc(N(C)C)cc1)NCC(CCCc1ccccc1)c1ccccc1.O=C([O-])/C=C\C(=O)[O-]. The lowest BCUT2D eigenvalue weighted by Gasteiger charge is -2.22. The molecule has 2 atom stereocenters. The van der Waals surface area contributed by atoms with Crippen molar-refractivity contribution in [2.45, 2.75) is 44.6 Å². The molecule has 3 rings (SSSR count). The highest BCUT2D eigenvalue weighted by Gasteiger charge is 2.13. The largest absolute Gasteiger partial charge is 0.545 e. The van der Waals surface area contributed by atoms with Gasteiger partial charge < -0.3 is 30.0 Å². The number of hydrogen-bond acceptors (Lipinski definition) is 6. The maximum atomic E-state index is 9.41. The van der Waals surface area contributed by atoms with Crippen molar-refractivity contribution >= 4 is 17.6 Å². The highest BCUT2D eigenvalue weighted by atomic mass is 16.4. The Kier molecular flexibility index (Phi) is 13.4. The maximum Gasteiger partial charge on any atom is 0.0643 e. The molecular formula is C32H38N2O4-2. The normalized spacial score (nSPS) is 12.3. The summed E-state index contributed by atoms with van der Waals surface area (Å²) in [5.74, 6) is -2.54. The monoisotopic (exact) mass is 514 g/mol. The molecule has 0 saturated carbocycles. The zero-order valence-electron chi connectivity index (χ0n) is 22.5. The summed E-state index contributed by atoms with van der Waals surface area (Å²) in [4.78, 5) is 21.0. The third-order valence-electron chi connectivity index (χ3n) is 6.19. The summed E-state index contributed by atoms with van der Waals surface area (Å²) in [6.07, 6.45) is 5.39. The van der Waals surface area contributed by atoms with Crippen molar-refractivity contribution in [1.82, 2.24) is 5.32 Å². The summed E-state index contributed by atoms with van der Waals surface area (Å²) >= 11 is 0. The van der Waals surface area contributed by atoms with Crippen LogP contribution in [0.1, 0.15) is 42.4 Å².